The summed E-state index contributed by atoms with van der Waals surface area (Å²) in [5, 5.41) is 4.53. The summed E-state index contributed by atoms with van der Waals surface area (Å²) < 4.78 is 21.4. The first kappa shape index (κ1) is 15.7. The van der Waals surface area contributed by atoms with E-state index in [0.29, 0.717) is 0 Å². The fraction of sp³-hybridized carbons (Fsp3) is 0.444. The van der Waals surface area contributed by atoms with Crippen molar-refractivity contribution in [2.45, 2.75) is 51.7 Å². The van der Waals surface area contributed by atoms with Gasteiger partial charge >= 0.3 is 5.97 Å². The molecule has 1 aromatic carbocycles. The lowest BCUT2D eigenvalue weighted by molar-refractivity contribution is 0.00125. The normalized spacial score (nSPS) is 21.2. The molecule has 4 nitrogen and oxygen atoms in total. The van der Waals surface area contributed by atoms with Crippen LogP contribution in [-0.2, 0) is 4.74 Å². The third-order valence-corrected chi connectivity index (χ3v) is 4.38. The van der Waals surface area contributed by atoms with Gasteiger partial charge in [0.2, 0.25) is 0 Å². The van der Waals surface area contributed by atoms with Crippen LogP contribution in [0.25, 0.3) is 0 Å². The minimum absolute atomic E-state index is 0.00908. The third-order valence-electron chi connectivity index (χ3n) is 4.38. The van der Waals surface area contributed by atoms with Crippen LogP contribution in [0.5, 0.6) is 0 Å². The Bertz CT molecular complexity index is 711. The molecule has 1 aromatic heterocycles. The molecule has 1 fully saturated rings. The summed E-state index contributed by atoms with van der Waals surface area (Å²) >= 11 is 0. The fourth-order valence-electron chi connectivity index (χ4n) is 3.30. The maximum Gasteiger partial charge on any atom is 0.341 e. The van der Waals surface area contributed by atoms with Crippen LogP contribution in [0, 0.1) is 19.7 Å². The first-order chi connectivity index (χ1) is 11.1. The van der Waals surface area contributed by atoms with Gasteiger partial charge in [-0.15, -0.1) is 0 Å². The molecule has 0 amide bonds. The molecule has 23 heavy (non-hydrogen) atoms. The monoisotopic (exact) mass is 316 g/mol. The number of nitrogens with zero attached hydrogens (tertiary/aromatic N) is 2. The zero-order chi connectivity index (χ0) is 16.4. The highest BCUT2D eigenvalue weighted by Gasteiger charge is 2.32. The summed E-state index contributed by atoms with van der Waals surface area (Å²) in [5.41, 5.74) is 2.00. The topological polar surface area (TPSA) is 44.1 Å². The van der Waals surface area contributed by atoms with Crippen molar-refractivity contribution >= 4 is 5.97 Å². The quantitative estimate of drug-likeness (QED) is 0.805. The highest BCUT2D eigenvalue weighted by molar-refractivity contribution is 5.89. The van der Waals surface area contributed by atoms with Crippen LogP contribution in [-0.4, -0.2) is 21.9 Å². The van der Waals surface area contributed by atoms with E-state index in [1.807, 2.05) is 24.6 Å². The van der Waals surface area contributed by atoms with Crippen molar-refractivity contribution in [3.63, 3.8) is 0 Å². The minimum Gasteiger partial charge on any atom is -0.456 e. The van der Waals surface area contributed by atoms with Crippen LogP contribution < -0.4 is 0 Å². The number of hydrogen-bond acceptors (Lipinski definition) is 3. The van der Waals surface area contributed by atoms with Crippen molar-refractivity contribution < 1.29 is 13.9 Å². The second kappa shape index (κ2) is 6.52. The maximum absolute atomic E-state index is 13.8. The Balaban J connectivity index is 1.81. The molecule has 0 radical (unpaired) electrons. The smallest absolute Gasteiger partial charge is 0.341 e. The van der Waals surface area contributed by atoms with Gasteiger partial charge in [-0.25, -0.2) is 9.18 Å². The molecule has 2 aromatic rings. The molecule has 0 unspecified atom stereocenters. The lowest BCUT2D eigenvalue weighted by Crippen LogP contribution is -2.33. The second-order valence-electron chi connectivity index (χ2n) is 6.15. The number of aromatic nitrogens is 2. The van der Waals surface area contributed by atoms with Gasteiger partial charge in [0.15, 0.2) is 0 Å². The van der Waals surface area contributed by atoms with Crippen LogP contribution in [0.3, 0.4) is 0 Å². The number of rotatable bonds is 3. The molecule has 1 saturated carbocycles. The van der Waals surface area contributed by atoms with E-state index < -0.39 is 11.8 Å². The molecule has 1 aliphatic rings. The highest BCUT2D eigenvalue weighted by atomic mass is 19.1. The molecule has 0 aliphatic heterocycles. The van der Waals surface area contributed by atoms with Crippen molar-refractivity contribution in [3.05, 3.63) is 53.1 Å². The molecule has 3 rings (SSSR count). The summed E-state index contributed by atoms with van der Waals surface area (Å²) in [6.45, 7) is 3.96. The minimum atomic E-state index is -0.596. The van der Waals surface area contributed by atoms with Gasteiger partial charge in [-0.3, -0.25) is 4.68 Å². The van der Waals surface area contributed by atoms with Gasteiger partial charge in [-0.1, -0.05) is 18.6 Å². The lowest BCUT2D eigenvalue weighted by Gasteiger charge is -2.32. The van der Waals surface area contributed by atoms with E-state index in [0.717, 1.165) is 37.1 Å². The predicted molar refractivity (Wildman–Crippen MR) is 84.8 cm³/mol. The molecule has 0 N–H and O–H groups in total. The summed E-state index contributed by atoms with van der Waals surface area (Å²) in [4.78, 5) is 12.3. The summed E-state index contributed by atoms with van der Waals surface area (Å²) in [5.74, 6) is -1.14. The first-order valence-corrected chi connectivity index (χ1v) is 8.04. The number of benzene rings is 1. The predicted octanol–water partition coefficient (Wildman–Crippen LogP) is 3.98. The second-order valence-corrected chi connectivity index (χ2v) is 6.15. The standard InChI is InChI=1S/C18H21FN2O2/c1-12-11-13(2)21(20-12)16-9-5-6-10-17(16)23-18(22)14-7-3-4-8-15(14)19/h3-4,7-8,11,16-17H,5-6,9-10H2,1-2H3/t16-,17+/m0/s1. The van der Waals surface area contributed by atoms with Crippen molar-refractivity contribution in [2.24, 2.45) is 0 Å². The molecular formula is C18H21FN2O2. The van der Waals surface area contributed by atoms with Crippen molar-refractivity contribution in [3.8, 4) is 0 Å². The Hall–Kier alpha value is -2.17. The van der Waals surface area contributed by atoms with Crippen LogP contribution >= 0.6 is 0 Å². The maximum atomic E-state index is 13.8. The van der Waals surface area contributed by atoms with Crippen LogP contribution in [0.1, 0.15) is 53.5 Å². The average Bonchev–Trinajstić information content (AvgIpc) is 2.86. The van der Waals surface area contributed by atoms with Gasteiger partial charge in [-0.05, 0) is 51.3 Å². The zero-order valence-electron chi connectivity index (χ0n) is 13.5. The van der Waals surface area contributed by atoms with Crippen molar-refractivity contribution in [1.82, 2.24) is 9.78 Å². The molecular weight excluding hydrogens is 295 g/mol. The summed E-state index contributed by atoms with van der Waals surface area (Å²) in [6.07, 6.45) is 3.51. The van der Waals surface area contributed by atoms with Gasteiger partial charge in [0.1, 0.15) is 11.9 Å². The van der Waals surface area contributed by atoms with E-state index in [1.165, 1.54) is 12.1 Å². The Morgan fingerprint density at radius 2 is 2.00 bits per heavy atom. The molecule has 2 atom stereocenters. The third kappa shape index (κ3) is 3.28. The molecule has 1 aliphatic carbocycles. The van der Waals surface area contributed by atoms with E-state index in [2.05, 4.69) is 5.10 Å². The number of carbonyl (C=O) groups is 1. The van der Waals surface area contributed by atoms with Crippen LogP contribution in [0.15, 0.2) is 30.3 Å². The van der Waals surface area contributed by atoms with Gasteiger partial charge < -0.3 is 4.74 Å². The summed E-state index contributed by atoms with van der Waals surface area (Å²) in [7, 11) is 0. The summed E-state index contributed by atoms with van der Waals surface area (Å²) in [6, 6.07) is 7.97. The number of aryl methyl sites for hydroxylation is 2. The highest BCUT2D eigenvalue weighted by Crippen LogP contribution is 2.32. The van der Waals surface area contributed by atoms with E-state index in [4.69, 9.17) is 4.74 Å². The number of ether oxygens (including phenoxy) is 1. The fourth-order valence-corrected chi connectivity index (χ4v) is 3.30. The molecule has 1 heterocycles. The van der Waals surface area contributed by atoms with Crippen LogP contribution in [0.2, 0.25) is 0 Å². The average molecular weight is 316 g/mol. The van der Waals surface area contributed by atoms with E-state index in [1.54, 1.807) is 12.1 Å². The SMILES string of the molecule is Cc1cc(C)n([C@H]2CCCC[C@H]2OC(=O)c2ccccc2F)n1. The number of hydrogen-bond donors (Lipinski definition) is 0. The van der Waals surface area contributed by atoms with Gasteiger partial charge in [0.25, 0.3) is 0 Å². The largest absolute Gasteiger partial charge is 0.456 e. The Labute approximate surface area is 135 Å². The first-order valence-electron chi connectivity index (χ1n) is 8.04. The molecule has 0 spiro atoms. The lowest BCUT2D eigenvalue weighted by atomic mass is 9.92. The number of halogens is 1. The molecule has 5 heteroatoms. The number of carbonyl (C=O) groups excluding carboxylic acids is 1. The molecule has 0 saturated heterocycles. The van der Waals surface area contributed by atoms with Gasteiger partial charge in [0.05, 0.1) is 17.3 Å². The molecule has 122 valence electrons. The Morgan fingerprint density at radius 3 is 2.70 bits per heavy atom. The van der Waals surface area contributed by atoms with Crippen LogP contribution in [0.4, 0.5) is 4.39 Å². The van der Waals surface area contributed by atoms with Gasteiger partial charge in [0, 0.05) is 5.69 Å². The zero-order valence-corrected chi connectivity index (χ0v) is 13.5. The molecule has 0 bridgehead atoms. The van der Waals surface area contributed by atoms with E-state index in [9.17, 15) is 9.18 Å². The Kier molecular flexibility index (Phi) is 4.46. The van der Waals surface area contributed by atoms with E-state index in [-0.39, 0.29) is 17.7 Å². The van der Waals surface area contributed by atoms with E-state index >= 15 is 0 Å². The van der Waals surface area contributed by atoms with Crippen molar-refractivity contribution in [2.75, 3.05) is 0 Å². The van der Waals surface area contributed by atoms with Crippen molar-refractivity contribution in [1.29, 1.82) is 0 Å². The van der Waals surface area contributed by atoms with Gasteiger partial charge in [-0.2, -0.15) is 5.10 Å². The number of esters is 1. The Morgan fingerprint density at radius 1 is 1.26 bits per heavy atom.